The molecule has 1 aliphatic heterocycles. The molecular weight excluding hydrogens is 354 g/mol. The highest BCUT2D eigenvalue weighted by molar-refractivity contribution is 6.30. The maximum absolute atomic E-state index is 12.6. The van der Waals surface area contributed by atoms with Gasteiger partial charge in [-0.25, -0.2) is 14.5 Å². The zero-order valence-electron chi connectivity index (χ0n) is 14.7. The third kappa shape index (κ3) is 3.41. The largest absolute Gasteiger partial charge is 0.371 e. The molecule has 4 rings (SSSR count). The van der Waals surface area contributed by atoms with Gasteiger partial charge in [0.2, 0.25) is 0 Å². The van der Waals surface area contributed by atoms with Gasteiger partial charge in [-0.05, 0) is 32.3 Å². The first-order valence-corrected chi connectivity index (χ1v) is 9.26. The Balaban J connectivity index is 1.45. The fourth-order valence-corrected chi connectivity index (χ4v) is 3.64. The van der Waals surface area contributed by atoms with E-state index in [9.17, 15) is 4.79 Å². The molecule has 0 atom stereocenters. The van der Waals surface area contributed by atoms with Crippen molar-refractivity contribution in [3.8, 4) is 5.82 Å². The molecule has 0 bridgehead atoms. The number of aryl methyl sites for hydroxylation is 1. The van der Waals surface area contributed by atoms with Crippen molar-refractivity contribution in [3.05, 3.63) is 40.8 Å². The van der Waals surface area contributed by atoms with Gasteiger partial charge in [0.05, 0.1) is 36.2 Å². The molecule has 138 valence electrons. The SMILES string of the molecule is Cc1ccc(CNC(=O)N2CCOC3(CCC3)C2)c(-n2cc(Cl)cn2)n1. The monoisotopic (exact) mass is 375 g/mol. The van der Waals surface area contributed by atoms with Gasteiger partial charge in [0, 0.05) is 24.3 Å². The van der Waals surface area contributed by atoms with Crippen LogP contribution in [-0.2, 0) is 11.3 Å². The van der Waals surface area contributed by atoms with Crippen LogP contribution in [0.15, 0.2) is 24.5 Å². The Bertz CT molecular complexity index is 818. The topological polar surface area (TPSA) is 72.3 Å². The molecule has 0 aromatic carbocycles. The van der Waals surface area contributed by atoms with E-state index in [1.165, 1.54) is 6.42 Å². The summed E-state index contributed by atoms with van der Waals surface area (Å²) in [6, 6.07) is 3.82. The van der Waals surface area contributed by atoms with E-state index in [2.05, 4.69) is 15.4 Å². The molecule has 1 aliphatic carbocycles. The third-order valence-electron chi connectivity index (χ3n) is 5.09. The molecule has 2 aliphatic rings. The smallest absolute Gasteiger partial charge is 0.317 e. The lowest BCUT2D eigenvalue weighted by Crippen LogP contribution is -2.58. The van der Waals surface area contributed by atoms with Crippen LogP contribution < -0.4 is 5.32 Å². The predicted octanol–water partition coefficient (Wildman–Crippen LogP) is 2.69. The molecule has 3 heterocycles. The molecule has 2 aromatic rings. The number of nitrogens with one attached hydrogen (secondary N) is 1. The first-order chi connectivity index (χ1) is 12.5. The van der Waals surface area contributed by atoms with Gasteiger partial charge < -0.3 is 15.0 Å². The summed E-state index contributed by atoms with van der Waals surface area (Å²) in [5.74, 6) is 0.676. The summed E-state index contributed by atoms with van der Waals surface area (Å²) in [6.45, 7) is 4.20. The second-order valence-corrected chi connectivity index (χ2v) is 7.44. The van der Waals surface area contributed by atoms with Crippen molar-refractivity contribution in [3.63, 3.8) is 0 Å². The first kappa shape index (κ1) is 17.3. The summed E-state index contributed by atoms with van der Waals surface area (Å²) < 4.78 is 7.52. The Morgan fingerprint density at radius 3 is 2.96 bits per heavy atom. The van der Waals surface area contributed by atoms with E-state index in [0.717, 1.165) is 24.1 Å². The first-order valence-electron chi connectivity index (χ1n) is 8.88. The number of urea groups is 1. The summed E-state index contributed by atoms with van der Waals surface area (Å²) in [6.07, 6.45) is 6.54. The van der Waals surface area contributed by atoms with Crippen LogP contribution in [0.5, 0.6) is 0 Å². The van der Waals surface area contributed by atoms with Gasteiger partial charge >= 0.3 is 6.03 Å². The minimum atomic E-state index is -0.0992. The van der Waals surface area contributed by atoms with Crippen molar-refractivity contribution < 1.29 is 9.53 Å². The van der Waals surface area contributed by atoms with Crippen LogP contribution in [0.3, 0.4) is 0 Å². The molecule has 1 spiro atoms. The van der Waals surface area contributed by atoms with Crippen molar-refractivity contribution in [2.75, 3.05) is 19.7 Å². The summed E-state index contributed by atoms with van der Waals surface area (Å²) in [4.78, 5) is 19.0. The van der Waals surface area contributed by atoms with Crippen LogP contribution in [0.25, 0.3) is 5.82 Å². The fraction of sp³-hybridized carbons (Fsp3) is 0.500. The van der Waals surface area contributed by atoms with Crippen LogP contribution in [0, 0.1) is 6.92 Å². The second-order valence-electron chi connectivity index (χ2n) is 7.00. The van der Waals surface area contributed by atoms with Crippen molar-refractivity contribution >= 4 is 17.6 Å². The van der Waals surface area contributed by atoms with Crippen LogP contribution >= 0.6 is 11.6 Å². The van der Waals surface area contributed by atoms with Gasteiger partial charge in [-0.1, -0.05) is 17.7 Å². The van der Waals surface area contributed by atoms with E-state index in [1.807, 2.05) is 24.0 Å². The Kier molecular flexibility index (Phi) is 4.58. The minimum absolute atomic E-state index is 0.0652. The molecule has 1 saturated heterocycles. The van der Waals surface area contributed by atoms with Crippen molar-refractivity contribution in [2.45, 2.75) is 38.3 Å². The predicted molar refractivity (Wildman–Crippen MR) is 97.4 cm³/mol. The zero-order valence-corrected chi connectivity index (χ0v) is 15.5. The highest BCUT2D eigenvalue weighted by Gasteiger charge is 2.43. The third-order valence-corrected chi connectivity index (χ3v) is 5.29. The lowest BCUT2D eigenvalue weighted by Gasteiger charge is -2.48. The van der Waals surface area contributed by atoms with Gasteiger partial charge in [-0.15, -0.1) is 0 Å². The lowest BCUT2D eigenvalue weighted by atomic mass is 9.79. The number of carbonyl (C=O) groups excluding carboxylic acids is 1. The van der Waals surface area contributed by atoms with E-state index < -0.39 is 0 Å². The fourth-order valence-electron chi connectivity index (χ4n) is 3.50. The standard InChI is InChI=1S/C18H22ClN5O2/c1-13-3-4-14(16(22-13)24-11-15(19)10-21-24)9-20-17(25)23-7-8-26-18(12-23)5-2-6-18/h3-4,10-11H,2,5-9,12H2,1H3,(H,20,25). The quantitative estimate of drug-likeness (QED) is 0.895. The van der Waals surface area contributed by atoms with Crippen LogP contribution in [0.2, 0.25) is 5.02 Å². The van der Waals surface area contributed by atoms with Crippen molar-refractivity contribution in [2.24, 2.45) is 0 Å². The average Bonchev–Trinajstić information content (AvgIpc) is 3.05. The highest BCUT2D eigenvalue weighted by atomic mass is 35.5. The Hall–Kier alpha value is -2.12. The average molecular weight is 376 g/mol. The summed E-state index contributed by atoms with van der Waals surface area (Å²) in [7, 11) is 0. The maximum atomic E-state index is 12.6. The molecule has 2 amide bonds. The van der Waals surface area contributed by atoms with Gasteiger partial charge in [-0.3, -0.25) is 0 Å². The van der Waals surface area contributed by atoms with Gasteiger partial charge in [0.25, 0.3) is 0 Å². The molecule has 1 saturated carbocycles. The Morgan fingerprint density at radius 1 is 1.42 bits per heavy atom. The number of ether oxygens (including phenoxy) is 1. The number of nitrogens with zero attached hydrogens (tertiary/aromatic N) is 4. The Morgan fingerprint density at radius 2 is 2.27 bits per heavy atom. The Labute approximate surface area is 157 Å². The summed E-state index contributed by atoms with van der Waals surface area (Å²) in [5.41, 5.74) is 1.66. The number of hydrogen-bond donors (Lipinski definition) is 1. The lowest BCUT2D eigenvalue weighted by molar-refractivity contribution is -0.141. The van der Waals surface area contributed by atoms with Crippen molar-refractivity contribution in [1.29, 1.82) is 0 Å². The van der Waals surface area contributed by atoms with E-state index >= 15 is 0 Å². The van der Waals surface area contributed by atoms with Crippen LogP contribution in [-0.4, -0.2) is 51.0 Å². The molecule has 0 radical (unpaired) electrons. The molecule has 7 nitrogen and oxygen atoms in total. The molecule has 8 heteroatoms. The second kappa shape index (κ2) is 6.89. The normalized spacial score (nSPS) is 18.6. The number of amides is 2. The molecule has 0 unspecified atom stereocenters. The summed E-state index contributed by atoms with van der Waals surface area (Å²) in [5, 5.41) is 7.78. The van der Waals surface area contributed by atoms with Gasteiger partial charge in [-0.2, -0.15) is 5.10 Å². The number of aromatic nitrogens is 3. The number of hydrogen-bond acceptors (Lipinski definition) is 4. The summed E-state index contributed by atoms with van der Waals surface area (Å²) >= 11 is 5.98. The van der Waals surface area contributed by atoms with E-state index in [-0.39, 0.29) is 11.6 Å². The number of carbonyl (C=O) groups is 1. The zero-order chi connectivity index (χ0) is 18.1. The van der Waals surface area contributed by atoms with Crippen molar-refractivity contribution in [1.82, 2.24) is 25.0 Å². The van der Waals surface area contributed by atoms with E-state index in [4.69, 9.17) is 16.3 Å². The number of pyridine rings is 1. The van der Waals surface area contributed by atoms with Gasteiger partial charge in [0.15, 0.2) is 5.82 Å². The number of morpholine rings is 1. The number of rotatable bonds is 3. The van der Waals surface area contributed by atoms with Gasteiger partial charge in [0.1, 0.15) is 0 Å². The molecular formula is C18H22ClN5O2. The molecule has 2 fully saturated rings. The van der Waals surface area contributed by atoms with Crippen LogP contribution in [0.1, 0.15) is 30.5 Å². The minimum Gasteiger partial charge on any atom is -0.371 e. The molecule has 2 aromatic heterocycles. The maximum Gasteiger partial charge on any atom is 0.317 e. The highest BCUT2D eigenvalue weighted by Crippen LogP contribution is 2.38. The molecule has 1 N–H and O–H groups in total. The molecule has 26 heavy (non-hydrogen) atoms. The van der Waals surface area contributed by atoms with E-state index in [0.29, 0.717) is 37.1 Å². The van der Waals surface area contributed by atoms with E-state index in [1.54, 1.807) is 17.1 Å². The van der Waals surface area contributed by atoms with Crippen LogP contribution in [0.4, 0.5) is 4.79 Å². The number of halogens is 1.